The van der Waals surface area contributed by atoms with E-state index < -0.39 is 12.0 Å². The molecule has 1 aromatic rings. The molecule has 0 aliphatic carbocycles. The summed E-state index contributed by atoms with van der Waals surface area (Å²) in [5.41, 5.74) is 1.20. The summed E-state index contributed by atoms with van der Waals surface area (Å²) >= 11 is 0. The molecule has 0 aromatic heterocycles. The molecule has 78 valence electrons. The van der Waals surface area contributed by atoms with E-state index in [4.69, 9.17) is 5.11 Å². The van der Waals surface area contributed by atoms with Crippen LogP contribution >= 0.6 is 0 Å². The van der Waals surface area contributed by atoms with E-state index in [-0.39, 0.29) is 12.2 Å². The van der Waals surface area contributed by atoms with E-state index in [1.165, 1.54) is 0 Å². The predicted molar refractivity (Wildman–Crippen MR) is 55.1 cm³/mol. The van der Waals surface area contributed by atoms with Crippen molar-refractivity contribution in [3.63, 3.8) is 0 Å². The Hall–Kier alpha value is -1.84. The number of benzene rings is 1. The Labute approximate surface area is 86.9 Å². The first kappa shape index (κ1) is 9.71. The summed E-state index contributed by atoms with van der Waals surface area (Å²) in [6.07, 6.45) is 0.615. The van der Waals surface area contributed by atoms with Crippen molar-refractivity contribution in [2.24, 2.45) is 0 Å². The van der Waals surface area contributed by atoms with Gasteiger partial charge in [-0.3, -0.25) is 4.79 Å². The van der Waals surface area contributed by atoms with Gasteiger partial charge in [0.15, 0.2) is 5.78 Å². The lowest BCUT2D eigenvalue weighted by atomic mass is 10.1. The van der Waals surface area contributed by atoms with Gasteiger partial charge in [0.05, 0.1) is 0 Å². The molecule has 0 spiro atoms. The first-order chi connectivity index (χ1) is 7.18. The molecule has 1 unspecified atom stereocenters. The van der Waals surface area contributed by atoms with Crippen LogP contribution in [-0.2, 0) is 4.79 Å². The smallest absolute Gasteiger partial charge is 0.326 e. The minimum absolute atomic E-state index is 0.00171. The van der Waals surface area contributed by atoms with Crippen LogP contribution in [0.25, 0.3) is 0 Å². The van der Waals surface area contributed by atoms with Crippen LogP contribution in [0.4, 0.5) is 5.69 Å². The molecule has 0 fully saturated rings. The van der Waals surface area contributed by atoms with Crippen molar-refractivity contribution in [2.75, 3.05) is 5.32 Å². The first-order valence-corrected chi connectivity index (χ1v) is 4.80. The van der Waals surface area contributed by atoms with Crippen molar-refractivity contribution >= 4 is 17.4 Å². The van der Waals surface area contributed by atoms with E-state index in [1.807, 2.05) is 0 Å². The molecule has 1 aromatic carbocycles. The van der Waals surface area contributed by atoms with Crippen molar-refractivity contribution in [3.05, 3.63) is 29.8 Å². The molecule has 0 bridgehead atoms. The SMILES string of the molecule is O=C1CCC(C(=O)O)Nc2ccccc21. The molecular formula is C11H11NO3. The van der Waals surface area contributed by atoms with Gasteiger partial charge in [0.1, 0.15) is 6.04 Å². The van der Waals surface area contributed by atoms with Crippen LogP contribution < -0.4 is 5.32 Å². The highest BCUT2D eigenvalue weighted by molar-refractivity contribution is 6.02. The fourth-order valence-corrected chi connectivity index (χ4v) is 1.71. The number of carboxylic acids is 1. The van der Waals surface area contributed by atoms with Gasteiger partial charge in [-0.15, -0.1) is 0 Å². The lowest BCUT2D eigenvalue weighted by molar-refractivity contribution is -0.138. The Morgan fingerprint density at radius 3 is 2.87 bits per heavy atom. The minimum atomic E-state index is -0.917. The third kappa shape index (κ3) is 1.83. The highest BCUT2D eigenvalue weighted by atomic mass is 16.4. The van der Waals surface area contributed by atoms with E-state index in [0.717, 1.165) is 0 Å². The van der Waals surface area contributed by atoms with Gasteiger partial charge in [-0.1, -0.05) is 12.1 Å². The highest BCUT2D eigenvalue weighted by Crippen LogP contribution is 2.23. The Balaban J connectivity index is 2.38. The fourth-order valence-electron chi connectivity index (χ4n) is 1.71. The number of Topliss-reactive ketones (excluding diaryl/α,β-unsaturated/α-hetero) is 1. The third-order valence-electron chi connectivity index (χ3n) is 2.52. The zero-order valence-electron chi connectivity index (χ0n) is 8.06. The van der Waals surface area contributed by atoms with Crippen LogP contribution in [0, 0.1) is 0 Å². The molecule has 0 saturated carbocycles. The largest absolute Gasteiger partial charge is 0.480 e. The Morgan fingerprint density at radius 1 is 1.40 bits per heavy atom. The van der Waals surface area contributed by atoms with E-state index in [1.54, 1.807) is 24.3 Å². The zero-order valence-corrected chi connectivity index (χ0v) is 8.06. The number of carbonyl (C=O) groups is 2. The Kier molecular flexibility index (Phi) is 2.41. The molecule has 1 aliphatic heterocycles. The lowest BCUT2D eigenvalue weighted by Gasteiger charge is -2.12. The molecule has 0 amide bonds. The number of anilines is 1. The highest BCUT2D eigenvalue weighted by Gasteiger charge is 2.24. The molecule has 4 nitrogen and oxygen atoms in total. The number of rotatable bonds is 1. The van der Waals surface area contributed by atoms with E-state index >= 15 is 0 Å². The standard InChI is InChI=1S/C11H11NO3/c13-10-6-5-9(11(14)15)12-8-4-2-1-3-7(8)10/h1-4,9,12H,5-6H2,(H,14,15). The van der Waals surface area contributed by atoms with Gasteiger partial charge < -0.3 is 10.4 Å². The van der Waals surface area contributed by atoms with Crippen molar-refractivity contribution in [1.29, 1.82) is 0 Å². The first-order valence-electron chi connectivity index (χ1n) is 4.80. The van der Waals surface area contributed by atoms with Gasteiger partial charge >= 0.3 is 5.97 Å². The van der Waals surface area contributed by atoms with E-state index in [2.05, 4.69) is 5.32 Å². The van der Waals surface area contributed by atoms with Gasteiger partial charge in [-0.2, -0.15) is 0 Å². The average molecular weight is 205 g/mol. The van der Waals surface area contributed by atoms with Crippen LogP contribution in [0.3, 0.4) is 0 Å². The Morgan fingerprint density at radius 2 is 2.13 bits per heavy atom. The summed E-state index contributed by atoms with van der Waals surface area (Å²) in [6, 6.07) is 6.34. The van der Waals surface area contributed by atoms with Gasteiger partial charge in [-0.05, 0) is 18.6 Å². The van der Waals surface area contributed by atoms with Crippen LogP contribution in [-0.4, -0.2) is 22.9 Å². The number of carboxylic acid groups (broad SMARTS) is 1. The van der Waals surface area contributed by atoms with Crippen molar-refractivity contribution in [3.8, 4) is 0 Å². The second-order valence-electron chi connectivity index (χ2n) is 3.54. The summed E-state index contributed by atoms with van der Waals surface area (Å²) in [6.45, 7) is 0. The fraction of sp³-hybridized carbons (Fsp3) is 0.273. The lowest BCUT2D eigenvalue weighted by Crippen LogP contribution is -2.28. The zero-order chi connectivity index (χ0) is 10.8. The maximum atomic E-state index is 11.6. The summed E-state index contributed by atoms with van der Waals surface area (Å²) in [5.74, 6) is -0.915. The maximum Gasteiger partial charge on any atom is 0.326 e. The molecular weight excluding hydrogens is 194 g/mol. The number of nitrogens with one attached hydrogen (secondary N) is 1. The number of carbonyl (C=O) groups excluding carboxylic acids is 1. The molecule has 4 heteroatoms. The quantitative estimate of drug-likeness (QED) is 0.729. The van der Waals surface area contributed by atoms with Gasteiger partial charge in [0.25, 0.3) is 0 Å². The normalized spacial score (nSPS) is 20.0. The summed E-state index contributed by atoms with van der Waals surface area (Å²) in [7, 11) is 0. The van der Waals surface area contributed by atoms with Crippen LogP contribution in [0.1, 0.15) is 23.2 Å². The third-order valence-corrected chi connectivity index (χ3v) is 2.52. The average Bonchev–Trinajstić information content (AvgIpc) is 2.39. The number of hydrogen-bond acceptors (Lipinski definition) is 3. The second kappa shape index (κ2) is 3.73. The maximum absolute atomic E-state index is 11.6. The van der Waals surface area contributed by atoms with Gasteiger partial charge in [0, 0.05) is 17.7 Å². The van der Waals surface area contributed by atoms with Crippen molar-refractivity contribution in [2.45, 2.75) is 18.9 Å². The van der Waals surface area contributed by atoms with E-state index in [0.29, 0.717) is 17.7 Å². The van der Waals surface area contributed by atoms with Crippen LogP contribution in [0.2, 0.25) is 0 Å². The number of aliphatic carboxylic acids is 1. The second-order valence-corrected chi connectivity index (χ2v) is 3.54. The van der Waals surface area contributed by atoms with Gasteiger partial charge in [0.2, 0.25) is 0 Å². The Bertz CT molecular complexity index is 414. The summed E-state index contributed by atoms with van der Waals surface area (Å²) in [4.78, 5) is 22.5. The molecule has 15 heavy (non-hydrogen) atoms. The molecule has 0 radical (unpaired) electrons. The molecule has 0 saturated heterocycles. The number of ketones is 1. The number of hydrogen-bond donors (Lipinski definition) is 2. The van der Waals surface area contributed by atoms with Crippen LogP contribution in [0.15, 0.2) is 24.3 Å². The topological polar surface area (TPSA) is 66.4 Å². The van der Waals surface area contributed by atoms with Crippen LogP contribution in [0.5, 0.6) is 0 Å². The monoisotopic (exact) mass is 205 g/mol. The van der Waals surface area contributed by atoms with Crippen molar-refractivity contribution < 1.29 is 14.7 Å². The summed E-state index contributed by atoms with van der Waals surface area (Å²) in [5, 5.41) is 11.8. The predicted octanol–water partition coefficient (Wildman–Crippen LogP) is 1.53. The van der Waals surface area contributed by atoms with Gasteiger partial charge in [-0.25, -0.2) is 4.79 Å². The van der Waals surface area contributed by atoms with Crippen molar-refractivity contribution in [1.82, 2.24) is 0 Å². The number of fused-ring (bicyclic) bond motifs is 1. The minimum Gasteiger partial charge on any atom is -0.480 e. The molecule has 1 heterocycles. The molecule has 2 rings (SSSR count). The molecule has 1 atom stereocenters. The van der Waals surface area contributed by atoms with E-state index in [9.17, 15) is 9.59 Å². The summed E-state index contributed by atoms with van der Waals surface area (Å²) < 4.78 is 0. The molecule has 2 N–H and O–H groups in total. The molecule has 1 aliphatic rings. The number of para-hydroxylation sites is 1.